The summed E-state index contributed by atoms with van der Waals surface area (Å²) in [5.74, 6) is -0.150. The molecule has 4 N–H and O–H groups in total. The fourth-order valence-electron chi connectivity index (χ4n) is 4.24. The highest BCUT2D eigenvalue weighted by Gasteiger charge is 2.40. The molecule has 0 radical (unpaired) electrons. The quantitative estimate of drug-likeness (QED) is 0.698. The molecule has 0 heterocycles. The Morgan fingerprint density at radius 2 is 1.64 bits per heavy atom. The van der Waals surface area contributed by atoms with Crippen molar-refractivity contribution >= 4 is 29.9 Å². The second-order valence-electron chi connectivity index (χ2n) is 7.56. The van der Waals surface area contributed by atoms with E-state index in [0.717, 1.165) is 25.7 Å². The first-order valence-corrected chi connectivity index (χ1v) is 9.24. The highest BCUT2D eigenvalue weighted by Crippen LogP contribution is 2.42. The molecule has 1 aromatic rings. The second kappa shape index (κ2) is 9.13. The number of hydrogen-bond donors (Lipinski definition) is 3. The summed E-state index contributed by atoms with van der Waals surface area (Å²) in [4.78, 5) is 24.3. The number of carbonyl (C=O) groups excluding carboxylic acids is 2. The van der Waals surface area contributed by atoms with E-state index < -0.39 is 18.6 Å². The first-order valence-electron chi connectivity index (χ1n) is 9.24. The van der Waals surface area contributed by atoms with Gasteiger partial charge < -0.3 is 16.4 Å². The Labute approximate surface area is 168 Å². The van der Waals surface area contributed by atoms with E-state index in [1.807, 2.05) is 5.32 Å². The summed E-state index contributed by atoms with van der Waals surface area (Å²) in [5.41, 5.74) is 6.88. The van der Waals surface area contributed by atoms with E-state index in [9.17, 15) is 22.8 Å². The van der Waals surface area contributed by atoms with Crippen molar-refractivity contribution in [3.8, 4) is 0 Å². The monoisotopic (exact) mass is 419 g/mol. The van der Waals surface area contributed by atoms with Crippen LogP contribution in [0.25, 0.3) is 0 Å². The minimum atomic E-state index is -4.45. The van der Waals surface area contributed by atoms with Crippen LogP contribution in [-0.4, -0.2) is 30.6 Å². The molecule has 2 atom stereocenters. The average molecular weight is 420 g/mol. The Morgan fingerprint density at radius 1 is 1.07 bits per heavy atom. The first kappa shape index (κ1) is 22.5. The van der Waals surface area contributed by atoms with Gasteiger partial charge in [0.25, 0.3) is 5.91 Å². The number of benzene rings is 1. The molecule has 2 amide bonds. The number of carbonyl (C=O) groups is 2. The molecule has 9 heteroatoms. The molecule has 0 aliphatic heterocycles. The minimum absolute atomic E-state index is 0. The summed E-state index contributed by atoms with van der Waals surface area (Å²) in [5, 5.41) is 4.66. The van der Waals surface area contributed by atoms with Crippen molar-refractivity contribution in [2.24, 2.45) is 23.5 Å². The fraction of sp³-hybridized carbons (Fsp3) is 0.579. The lowest BCUT2D eigenvalue weighted by Gasteiger charge is -2.43. The molecule has 2 unspecified atom stereocenters. The molecule has 2 aliphatic carbocycles. The molecule has 2 fully saturated rings. The van der Waals surface area contributed by atoms with Gasteiger partial charge in [-0.05, 0) is 61.8 Å². The SMILES string of the molecule is Cl.NC1C2CCCC1CC(C(=O)Nc1ccc(C(=O)NCC(F)(F)F)cc1)C2. The van der Waals surface area contributed by atoms with Crippen LogP contribution in [0.4, 0.5) is 18.9 Å². The zero-order chi connectivity index (χ0) is 19.6. The van der Waals surface area contributed by atoms with E-state index in [4.69, 9.17) is 5.73 Å². The smallest absolute Gasteiger partial charge is 0.343 e. The van der Waals surface area contributed by atoms with Crippen LogP contribution in [0.3, 0.4) is 0 Å². The number of hydrogen-bond acceptors (Lipinski definition) is 3. The lowest BCUT2D eigenvalue weighted by Crippen LogP contribution is -2.48. The molecule has 3 rings (SSSR count). The largest absolute Gasteiger partial charge is 0.405 e. The summed E-state index contributed by atoms with van der Waals surface area (Å²) in [6.45, 7) is -1.38. The standard InChI is InChI=1S/C19H24F3N3O2.ClH/c20-19(21,22)10-24-17(26)11-4-6-15(7-5-11)25-18(27)14-8-12-2-1-3-13(9-14)16(12)23;/h4-7,12-14,16H,1-3,8-10,23H2,(H,24,26)(H,25,27);1H. The zero-order valence-electron chi connectivity index (χ0n) is 15.3. The second-order valence-corrected chi connectivity index (χ2v) is 7.56. The van der Waals surface area contributed by atoms with Crippen molar-refractivity contribution in [3.63, 3.8) is 0 Å². The summed E-state index contributed by atoms with van der Waals surface area (Å²) in [7, 11) is 0. The first-order chi connectivity index (χ1) is 12.7. The van der Waals surface area contributed by atoms with Gasteiger partial charge in [0.1, 0.15) is 6.54 Å². The van der Waals surface area contributed by atoms with Gasteiger partial charge in [0.2, 0.25) is 5.91 Å². The van der Waals surface area contributed by atoms with Crippen molar-refractivity contribution in [1.29, 1.82) is 0 Å². The van der Waals surface area contributed by atoms with Crippen LogP contribution in [-0.2, 0) is 4.79 Å². The van der Waals surface area contributed by atoms with Gasteiger partial charge in [-0.1, -0.05) is 6.42 Å². The van der Waals surface area contributed by atoms with Gasteiger partial charge in [0.05, 0.1) is 0 Å². The molecule has 156 valence electrons. The molecule has 0 saturated heterocycles. The van der Waals surface area contributed by atoms with E-state index in [1.165, 1.54) is 30.7 Å². The molecule has 5 nitrogen and oxygen atoms in total. The lowest BCUT2D eigenvalue weighted by molar-refractivity contribution is -0.123. The Kier molecular flexibility index (Phi) is 7.33. The number of nitrogens with one attached hydrogen (secondary N) is 2. The third kappa shape index (κ3) is 5.61. The van der Waals surface area contributed by atoms with Gasteiger partial charge >= 0.3 is 6.18 Å². The average Bonchev–Trinajstić information content (AvgIpc) is 2.59. The number of anilines is 1. The highest BCUT2D eigenvalue weighted by atomic mass is 35.5. The van der Waals surface area contributed by atoms with E-state index in [0.29, 0.717) is 17.5 Å². The highest BCUT2D eigenvalue weighted by molar-refractivity contribution is 5.96. The number of amides is 2. The van der Waals surface area contributed by atoms with Crippen molar-refractivity contribution in [1.82, 2.24) is 5.32 Å². The predicted octanol–water partition coefficient (Wildman–Crippen LogP) is 3.49. The van der Waals surface area contributed by atoms with Crippen LogP contribution >= 0.6 is 12.4 Å². The van der Waals surface area contributed by atoms with Crippen LogP contribution in [0.1, 0.15) is 42.5 Å². The zero-order valence-corrected chi connectivity index (χ0v) is 16.1. The molecule has 0 aromatic heterocycles. The third-order valence-electron chi connectivity index (χ3n) is 5.65. The topological polar surface area (TPSA) is 84.2 Å². The molecule has 1 aromatic carbocycles. The minimum Gasteiger partial charge on any atom is -0.343 e. The van der Waals surface area contributed by atoms with Gasteiger partial charge in [-0.15, -0.1) is 12.4 Å². The number of alkyl halides is 3. The molecular weight excluding hydrogens is 395 g/mol. The maximum absolute atomic E-state index is 12.6. The molecular formula is C19H25ClF3N3O2. The third-order valence-corrected chi connectivity index (χ3v) is 5.65. The van der Waals surface area contributed by atoms with E-state index in [-0.39, 0.29) is 35.8 Å². The Balaban J connectivity index is 0.00000280. The molecule has 2 aliphatic rings. The van der Waals surface area contributed by atoms with Gasteiger partial charge in [-0.25, -0.2) is 0 Å². The van der Waals surface area contributed by atoms with Crippen molar-refractivity contribution < 1.29 is 22.8 Å². The van der Waals surface area contributed by atoms with Crippen molar-refractivity contribution in [2.45, 2.75) is 44.3 Å². The summed E-state index contributed by atoms with van der Waals surface area (Å²) < 4.78 is 36.5. The summed E-state index contributed by atoms with van der Waals surface area (Å²) >= 11 is 0. The van der Waals surface area contributed by atoms with Crippen LogP contribution < -0.4 is 16.4 Å². The summed E-state index contributed by atoms with van der Waals surface area (Å²) in [6, 6.07) is 6.03. The summed E-state index contributed by atoms with van der Waals surface area (Å²) in [6.07, 6.45) is 0.453. The number of rotatable bonds is 4. The fourth-order valence-corrected chi connectivity index (χ4v) is 4.24. The molecule has 0 spiro atoms. The van der Waals surface area contributed by atoms with Crippen LogP contribution in [0.15, 0.2) is 24.3 Å². The Hall–Kier alpha value is -1.80. The van der Waals surface area contributed by atoms with Gasteiger partial charge in [-0.2, -0.15) is 13.2 Å². The number of halogens is 4. The van der Waals surface area contributed by atoms with Gasteiger partial charge in [0, 0.05) is 23.2 Å². The van der Waals surface area contributed by atoms with Crippen LogP contribution in [0.2, 0.25) is 0 Å². The normalized spacial score (nSPS) is 26.7. The predicted molar refractivity (Wildman–Crippen MR) is 102 cm³/mol. The number of nitrogens with two attached hydrogens (primary N) is 1. The van der Waals surface area contributed by atoms with Crippen LogP contribution in [0.5, 0.6) is 0 Å². The van der Waals surface area contributed by atoms with Crippen molar-refractivity contribution in [2.75, 3.05) is 11.9 Å². The molecule has 28 heavy (non-hydrogen) atoms. The maximum atomic E-state index is 12.6. The molecule has 2 saturated carbocycles. The maximum Gasteiger partial charge on any atom is 0.405 e. The van der Waals surface area contributed by atoms with Crippen LogP contribution in [0, 0.1) is 17.8 Å². The van der Waals surface area contributed by atoms with Crippen molar-refractivity contribution in [3.05, 3.63) is 29.8 Å². The lowest BCUT2D eigenvalue weighted by atomic mass is 9.65. The Morgan fingerprint density at radius 3 is 2.18 bits per heavy atom. The van der Waals surface area contributed by atoms with Gasteiger partial charge in [-0.3, -0.25) is 9.59 Å². The van der Waals surface area contributed by atoms with E-state index in [1.54, 1.807) is 0 Å². The Bertz CT molecular complexity index is 683. The van der Waals surface area contributed by atoms with Gasteiger partial charge in [0.15, 0.2) is 0 Å². The van der Waals surface area contributed by atoms with E-state index in [2.05, 4.69) is 5.32 Å². The van der Waals surface area contributed by atoms with E-state index >= 15 is 0 Å². The number of fused-ring (bicyclic) bond motifs is 2. The molecule has 2 bridgehead atoms.